The number of nitrogens with one attached hydrogen (secondary N) is 1. The summed E-state index contributed by atoms with van der Waals surface area (Å²) in [5.74, 6) is 0.785. The van der Waals surface area contributed by atoms with Gasteiger partial charge in [0, 0.05) is 25.7 Å². The van der Waals surface area contributed by atoms with Gasteiger partial charge in [-0.05, 0) is 19.3 Å². The molecule has 0 bridgehead atoms. The molecule has 0 aliphatic carbocycles. The second-order valence-corrected chi connectivity index (χ2v) is 4.83. The zero-order valence-electron chi connectivity index (χ0n) is 9.94. The van der Waals surface area contributed by atoms with Crippen LogP contribution < -0.4 is 5.32 Å². The van der Waals surface area contributed by atoms with Gasteiger partial charge in [-0.2, -0.15) is 0 Å². The number of nitrogens with zero attached hydrogens (tertiary/aromatic N) is 1. The average molecular weight is 249 g/mol. The maximum Gasteiger partial charge on any atom is 0.248 e. The van der Waals surface area contributed by atoms with Crippen LogP contribution in [0.15, 0.2) is 0 Å². The molecule has 0 aromatic carbocycles. The minimum absolute atomic E-state index is 0. The van der Waals surface area contributed by atoms with Gasteiger partial charge < -0.3 is 15.0 Å². The van der Waals surface area contributed by atoms with Gasteiger partial charge in [0.1, 0.15) is 6.61 Å². The topological polar surface area (TPSA) is 41.6 Å². The molecule has 2 rings (SSSR count). The fourth-order valence-electron chi connectivity index (χ4n) is 2.30. The number of amides is 1. The van der Waals surface area contributed by atoms with Gasteiger partial charge in [0.15, 0.2) is 0 Å². The van der Waals surface area contributed by atoms with E-state index in [4.69, 9.17) is 4.74 Å². The zero-order valence-corrected chi connectivity index (χ0v) is 10.8. The van der Waals surface area contributed by atoms with Crippen molar-refractivity contribution in [3.63, 3.8) is 0 Å². The summed E-state index contributed by atoms with van der Waals surface area (Å²) in [4.78, 5) is 13.8. The third-order valence-corrected chi connectivity index (χ3v) is 3.29. The summed E-state index contributed by atoms with van der Waals surface area (Å²) in [6.07, 6.45) is 1.38. The van der Waals surface area contributed by atoms with Gasteiger partial charge >= 0.3 is 0 Å². The molecular weight excluding hydrogens is 228 g/mol. The zero-order chi connectivity index (χ0) is 10.8. The first kappa shape index (κ1) is 13.7. The molecule has 0 radical (unpaired) electrons. The maximum atomic E-state index is 11.8. The first-order chi connectivity index (χ1) is 7.16. The van der Waals surface area contributed by atoms with Crippen molar-refractivity contribution < 1.29 is 9.53 Å². The molecule has 2 aliphatic rings. The van der Waals surface area contributed by atoms with Crippen molar-refractivity contribution in [2.24, 2.45) is 5.92 Å². The Bertz CT molecular complexity index is 246. The van der Waals surface area contributed by atoms with Crippen molar-refractivity contribution in [1.29, 1.82) is 0 Å². The number of carbonyl (C=O) groups is 1. The van der Waals surface area contributed by atoms with Crippen molar-refractivity contribution in [1.82, 2.24) is 10.2 Å². The summed E-state index contributed by atoms with van der Waals surface area (Å²) in [5.41, 5.74) is 0. The van der Waals surface area contributed by atoms with Gasteiger partial charge in [-0.1, -0.05) is 6.92 Å². The van der Waals surface area contributed by atoms with E-state index in [-0.39, 0.29) is 31.0 Å². The predicted molar refractivity (Wildman–Crippen MR) is 64.8 cm³/mol. The van der Waals surface area contributed by atoms with Crippen LogP contribution in [0.25, 0.3) is 0 Å². The molecule has 0 saturated carbocycles. The van der Waals surface area contributed by atoms with Crippen LogP contribution in [0.2, 0.25) is 0 Å². The minimum atomic E-state index is 0. The van der Waals surface area contributed by atoms with Crippen LogP contribution in [-0.4, -0.2) is 49.2 Å². The van der Waals surface area contributed by atoms with E-state index in [1.165, 1.54) is 0 Å². The highest BCUT2D eigenvalue weighted by Crippen LogP contribution is 2.22. The molecule has 0 aromatic rings. The van der Waals surface area contributed by atoms with Gasteiger partial charge in [0.25, 0.3) is 0 Å². The van der Waals surface area contributed by atoms with Crippen molar-refractivity contribution in [2.45, 2.75) is 32.4 Å². The fourth-order valence-corrected chi connectivity index (χ4v) is 2.30. The molecule has 2 unspecified atom stereocenters. The van der Waals surface area contributed by atoms with E-state index in [9.17, 15) is 4.79 Å². The molecule has 16 heavy (non-hydrogen) atoms. The predicted octanol–water partition coefficient (Wildman–Crippen LogP) is 0.653. The molecule has 2 heterocycles. The lowest BCUT2D eigenvalue weighted by Crippen LogP contribution is -2.50. The second kappa shape index (κ2) is 5.84. The van der Waals surface area contributed by atoms with E-state index in [1.54, 1.807) is 0 Å². The molecule has 0 aromatic heterocycles. The van der Waals surface area contributed by atoms with Gasteiger partial charge in [-0.3, -0.25) is 4.79 Å². The van der Waals surface area contributed by atoms with Crippen LogP contribution in [0.3, 0.4) is 0 Å². The molecule has 2 fully saturated rings. The van der Waals surface area contributed by atoms with Crippen molar-refractivity contribution in [2.75, 3.05) is 26.2 Å². The van der Waals surface area contributed by atoms with Crippen molar-refractivity contribution in [3.8, 4) is 0 Å². The maximum absolute atomic E-state index is 11.8. The summed E-state index contributed by atoms with van der Waals surface area (Å²) in [7, 11) is 0. The molecule has 0 spiro atoms. The number of rotatable bonds is 3. The van der Waals surface area contributed by atoms with Gasteiger partial charge in [-0.15, -0.1) is 12.4 Å². The fraction of sp³-hybridized carbons (Fsp3) is 0.909. The van der Waals surface area contributed by atoms with Crippen LogP contribution in [0.4, 0.5) is 0 Å². The minimum Gasteiger partial charge on any atom is -0.366 e. The molecule has 2 atom stereocenters. The normalized spacial score (nSPS) is 29.8. The van der Waals surface area contributed by atoms with E-state index in [0.717, 1.165) is 26.1 Å². The van der Waals surface area contributed by atoms with Crippen molar-refractivity contribution in [3.05, 3.63) is 0 Å². The van der Waals surface area contributed by atoms with Crippen LogP contribution in [-0.2, 0) is 9.53 Å². The number of likely N-dealkylation sites (tertiary alicyclic amines) is 1. The third kappa shape index (κ3) is 3.09. The van der Waals surface area contributed by atoms with Gasteiger partial charge in [-0.25, -0.2) is 0 Å². The Morgan fingerprint density at radius 2 is 2.12 bits per heavy atom. The van der Waals surface area contributed by atoms with Gasteiger partial charge in [0.05, 0.1) is 6.10 Å². The number of carbonyl (C=O) groups excluding carboxylic acids is 1. The standard InChI is InChI=1S/C11H20N2O2.ClH/c1-8-3-9(2)13(6-8)11(14)7-15-10-4-12-5-10;/h8-10,12H,3-7H2,1-2H3;1H. The average Bonchev–Trinajstić information content (AvgIpc) is 2.42. The summed E-state index contributed by atoms with van der Waals surface area (Å²) in [6.45, 7) is 7.24. The first-order valence-corrected chi connectivity index (χ1v) is 5.78. The SMILES string of the molecule is CC1CC(C)N(C(=O)COC2CNC2)C1.Cl. The van der Waals surface area contributed by atoms with E-state index < -0.39 is 0 Å². The third-order valence-electron chi connectivity index (χ3n) is 3.29. The number of hydrogen-bond donors (Lipinski definition) is 1. The van der Waals surface area contributed by atoms with E-state index >= 15 is 0 Å². The summed E-state index contributed by atoms with van der Waals surface area (Å²) in [6, 6.07) is 0.385. The lowest BCUT2D eigenvalue weighted by atomic mass is 10.1. The monoisotopic (exact) mass is 248 g/mol. The van der Waals surface area contributed by atoms with Crippen LogP contribution in [0.1, 0.15) is 20.3 Å². The largest absolute Gasteiger partial charge is 0.366 e. The number of hydrogen-bond acceptors (Lipinski definition) is 3. The van der Waals surface area contributed by atoms with Crippen LogP contribution in [0, 0.1) is 5.92 Å². The van der Waals surface area contributed by atoms with Gasteiger partial charge in [0.2, 0.25) is 5.91 Å². The Hall–Kier alpha value is -0.320. The van der Waals surface area contributed by atoms with Crippen molar-refractivity contribution >= 4 is 18.3 Å². The van der Waals surface area contributed by atoms with Crippen LogP contribution >= 0.6 is 12.4 Å². The van der Waals surface area contributed by atoms with Crippen LogP contribution in [0.5, 0.6) is 0 Å². The Morgan fingerprint density at radius 3 is 2.56 bits per heavy atom. The Labute approximate surface area is 103 Å². The van der Waals surface area contributed by atoms with E-state index in [1.807, 2.05) is 4.90 Å². The lowest BCUT2D eigenvalue weighted by Gasteiger charge is -2.28. The molecule has 2 saturated heterocycles. The second-order valence-electron chi connectivity index (χ2n) is 4.83. The highest BCUT2D eigenvalue weighted by atomic mass is 35.5. The number of ether oxygens (including phenoxy) is 1. The summed E-state index contributed by atoms with van der Waals surface area (Å²) >= 11 is 0. The quantitative estimate of drug-likeness (QED) is 0.798. The summed E-state index contributed by atoms with van der Waals surface area (Å²) < 4.78 is 5.48. The molecule has 2 aliphatic heterocycles. The molecule has 94 valence electrons. The smallest absolute Gasteiger partial charge is 0.248 e. The van der Waals surface area contributed by atoms with E-state index in [2.05, 4.69) is 19.2 Å². The molecular formula is C11H21ClN2O2. The molecule has 1 N–H and O–H groups in total. The Balaban J connectivity index is 0.00000128. The molecule has 5 heteroatoms. The molecule has 4 nitrogen and oxygen atoms in total. The molecule has 1 amide bonds. The first-order valence-electron chi connectivity index (χ1n) is 5.78. The Kier molecular flexibility index (Phi) is 5.02. The lowest BCUT2D eigenvalue weighted by molar-refractivity contribution is -0.139. The highest BCUT2D eigenvalue weighted by molar-refractivity contribution is 5.85. The highest BCUT2D eigenvalue weighted by Gasteiger charge is 2.30. The Morgan fingerprint density at radius 1 is 1.44 bits per heavy atom. The van der Waals surface area contributed by atoms with E-state index in [0.29, 0.717) is 12.0 Å². The number of halogens is 1. The summed E-state index contributed by atoms with van der Waals surface area (Å²) in [5, 5.41) is 3.12.